The van der Waals surface area contributed by atoms with Crippen molar-refractivity contribution in [3.63, 3.8) is 0 Å². The van der Waals surface area contributed by atoms with Gasteiger partial charge in [0.2, 0.25) is 0 Å². The van der Waals surface area contributed by atoms with Gasteiger partial charge < -0.3 is 15.2 Å². The number of thiophene rings is 1. The molecule has 0 radical (unpaired) electrons. The first-order valence-corrected chi connectivity index (χ1v) is 8.79. The number of carboxylic acids is 1. The van der Waals surface area contributed by atoms with Crippen LogP contribution in [0, 0.1) is 6.92 Å². The summed E-state index contributed by atoms with van der Waals surface area (Å²) in [5.74, 6) is -1.81. The predicted molar refractivity (Wildman–Crippen MR) is 99.6 cm³/mol. The summed E-state index contributed by atoms with van der Waals surface area (Å²) >= 11 is 7.28. The maximum atomic E-state index is 12.6. The lowest BCUT2D eigenvalue weighted by atomic mass is 10.1. The van der Waals surface area contributed by atoms with Gasteiger partial charge in [-0.3, -0.25) is 4.79 Å². The molecule has 5 nitrogen and oxygen atoms in total. The summed E-state index contributed by atoms with van der Waals surface area (Å²) < 4.78 is 30.2. The summed E-state index contributed by atoms with van der Waals surface area (Å²) in [6.45, 7) is -1.45. The van der Waals surface area contributed by atoms with E-state index in [1.54, 1.807) is 19.1 Å². The second-order valence-electron chi connectivity index (χ2n) is 5.49. The smallest absolute Gasteiger partial charge is 0.387 e. The highest BCUT2D eigenvalue weighted by atomic mass is 35.5. The number of hydrogen-bond acceptors (Lipinski definition) is 4. The number of amides is 1. The molecule has 0 unspecified atom stereocenters. The minimum absolute atomic E-state index is 0.00390. The average molecular weight is 412 g/mol. The lowest BCUT2D eigenvalue weighted by Crippen LogP contribution is -2.13. The Hall–Kier alpha value is -2.71. The van der Waals surface area contributed by atoms with E-state index >= 15 is 0 Å². The molecule has 2 aromatic carbocycles. The number of anilines is 1. The van der Waals surface area contributed by atoms with Gasteiger partial charge in [0.05, 0.1) is 16.0 Å². The summed E-state index contributed by atoms with van der Waals surface area (Å²) in [7, 11) is 0. The number of alkyl halides is 2. The van der Waals surface area contributed by atoms with Crippen molar-refractivity contribution < 1.29 is 28.2 Å². The van der Waals surface area contributed by atoms with Crippen molar-refractivity contribution in [1.29, 1.82) is 0 Å². The van der Waals surface area contributed by atoms with Gasteiger partial charge in [-0.15, -0.1) is 11.3 Å². The Kier molecular flexibility index (Phi) is 5.29. The van der Waals surface area contributed by atoms with E-state index in [0.29, 0.717) is 16.0 Å². The highest BCUT2D eigenvalue weighted by Crippen LogP contribution is 2.41. The third-order valence-corrected chi connectivity index (χ3v) is 5.50. The molecule has 0 spiro atoms. The van der Waals surface area contributed by atoms with Gasteiger partial charge in [-0.25, -0.2) is 4.79 Å². The monoisotopic (exact) mass is 411 g/mol. The number of benzene rings is 2. The first-order chi connectivity index (χ1) is 12.8. The zero-order valence-corrected chi connectivity index (χ0v) is 15.3. The fourth-order valence-electron chi connectivity index (χ4n) is 2.60. The summed E-state index contributed by atoms with van der Waals surface area (Å²) in [4.78, 5) is 24.0. The second-order valence-corrected chi connectivity index (χ2v) is 6.92. The zero-order valence-electron chi connectivity index (χ0n) is 13.8. The van der Waals surface area contributed by atoms with Crippen molar-refractivity contribution in [3.8, 4) is 5.75 Å². The van der Waals surface area contributed by atoms with Crippen molar-refractivity contribution in [2.75, 3.05) is 5.32 Å². The van der Waals surface area contributed by atoms with Crippen LogP contribution in [0.2, 0.25) is 5.02 Å². The molecule has 27 heavy (non-hydrogen) atoms. The summed E-state index contributed by atoms with van der Waals surface area (Å²) in [5.41, 5.74) is 0.762. The Morgan fingerprint density at radius 2 is 1.93 bits per heavy atom. The van der Waals surface area contributed by atoms with Crippen molar-refractivity contribution in [2.45, 2.75) is 13.5 Å². The van der Waals surface area contributed by atoms with Crippen LogP contribution in [0.15, 0.2) is 36.4 Å². The number of hydrogen-bond donors (Lipinski definition) is 2. The van der Waals surface area contributed by atoms with E-state index in [2.05, 4.69) is 10.1 Å². The summed E-state index contributed by atoms with van der Waals surface area (Å²) in [6, 6.07) is 8.99. The third kappa shape index (κ3) is 3.72. The van der Waals surface area contributed by atoms with Crippen LogP contribution in [0.1, 0.15) is 25.6 Å². The standard InChI is InChI=1S/C18H12ClF2NO4S/c1-8-9(17(24)25)4-2-5-10(8)22-16(23)15-14(19)13-11(26-18(20)21)6-3-7-12(13)27-15/h2-7,18H,1H3,(H,22,23)(H,24,25). The second kappa shape index (κ2) is 7.50. The van der Waals surface area contributed by atoms with Gasteiger partial charge in [0.1, 0.15) is 10.6 Å². The number of carbonyl (C=O) groups is 2. The molecule has 0 fully saturated rings. The van der Waals surface area contributed by atoms with E-state index in [0.717, 1.165) is 11.3 Å². The SMILES string of the molecule is Cc1c(NC(=O)c2sc3cccc(OC(F)F)c3c2Cl)cccc1C(=O)O. The van der Waals surface area contributed by atoms with Gasteiger partial charge in [0.15, 0.2) is 0 Å². The van der Waals surface area contributed by atoms with E-state index in [-0.39, 0.29) is 26.6 Å². The van der Waals surface area contributed by atoms with E-state index in [1.807, 2.05) is 0 Å². The molecule has 0 saturated heterocycles. The van der Waals surface area contributed by atoms with Gasteiger partial charge in [-0.2, -0.15) is 8.78 Å². The van der Waals surface area contributed by atoms with E-state index in [9.17, 15) is 23.5 Å². The lowest BCUT2D eigenvalue weighted by molar-refractivity contribution is -0.0487. The topological polar surface area (TPSA) is 75.6 Å². The van der Waals surface area contributed by atoms with Crippen LogP contribution in [0.4, 0.5) is 14.5 Å². The third-order valence-electron chi connectivity index (χ3n) is 3.85. The zero-order chi connectivity index (χ0) is 19.7. The van der Waals surface area contributed by atoms with Gasteiger partial charge in [0, 0.05) is 10.4 Å². The van der Waals surface area contributed by atoms with Crippen LogP contribution < -0.4 is 10.1 Å². The molecule has 1 amide bonds. The van der Waals surface area contributed by atoms with Crippen molar-refractivity contribution in [2.24, 2.45) is 0 Å². The first-order valence-electron chi connectivity index (χ1n) is 7.59. The molecule has 1 heterocycles. The molecular weight excluding hydrogens is 400 g/mol. The molecule has 9 heteroatoms. The number of halogens is 3. The summed E-state index contributed by atoms with van der Waals surface area (Å²) in [6.07, 6.45) is 0. The minimum atomic E-state index is -3.02. The maximum Gasteiger partial charge on any atom is 0.387 e. The van der Waals surface area contributed by atoms with E-state index in [1.165, 1.54) is 24.3 Å². The molecule has 0 aliphatic heterocycles. The molecule has 3 aromatic rings. The minimum Gasteiger partial charge on any atom is -0.478 e. The summed E-state index contributed by atoms with van der Waals surface area (Å²) in [5, 5.41) is 12.0. The quantitative estimate of drug-likeness (QED) is 0.588. The molecule has 140 valence electrons. The Labute approximate surface area is 161 Å². The molecule has 0 saturated carbocycles. The molecule has 0 aliphatic carbocycles. The van der Waals surface area contributed by atoms with E-state index < -0.39 is 18.5 Å². The average Bonchev–Trinajstić information content (AvgIpc) is 2.94. The van der Waals surface area contributed by atoms with E-state index in [4.69, 9.17) is 11.6 Å². The number of nitrogens with one attached hydrogen (secondary N) is 1. The number of aromatic carboxylic acids is 1. The Morgan fingerprint density at radius 1 is 1.22 bits per heavy atom. The van der Waals surface area contributed by atoms with Gasteiger partial charge >= 0.3 is 12.6 Å². The van der Waals surface area contributed by atoms with Crippen LogP contribution >= 0.6 is 22.9 Å². The van der Waals surface area contributed by atoms with Crippen LogP contribution in [0.25, 0.3) is 10.1 Å². The van der Waals surface area contributed by atoms with Gasteiger partial charge in [0.25, 0.3) is 5.91 Å². The number of fused-ring (bicyclic) bond motifs is 1. The van der Waals surface area contributed by atoms with Crippen LogP contribution in [-0.4, -0.2) is 23.6 Å². The van der Waals surface area contributed by atoms with Crippen molar-refractivity contribution >= 4 is 50.6 Å². The largest absolute Gasteiger partial charge is 0.478 e. The highest BCUT2D eigenvalue weighted by molar-refractivity contribution is 7.21. The van der Waals surface area contributed by atoms with Crippen LogP contribution in [-0.2, 0) is 0 Å². The molecule has 3 rings (SSSR count). The molecule has 0 aliphatic rings. The normalized spacial score (nSPS) is 11.0. The Balaban J connectivity index is 1.99. The predicted octanol–water partition coefficient (Wildman–Crippen LogP) is 5.42. The van der Waals surface area contributed by atoms with Gasteiger partial charge in [-0.05, 0) is 36.8 Å². The number of carboxylic acid groups (broad SMARTS) is 1. The molecule has 2 N–H and O–H groups in total. The number of ether oxygens (including phenoxy) is 1. The highest BCUT2D eigenvalue weighted by Gasteiger charge is 2.22. The fourth-order valence-corrected chi connectivity index (χ4v) is 4.06. The molecule has 0 bridgehead atoms. The van der Waals surface area contributed by atoms with Crippen molar-refractivity contribution in [3.05, 3.63) is 57.4 Å². The fraction of sp³-hybridized carbons (Fsp3) is 0.111. The molecule has 1 aromatic heterocycles. The Bertz CT molecular complexity index is 1050. The maximum absolute atomic E-state index is 12.6. The lowest BCUT2D eigenvalue weighted by Gasteiger charge is -2.10. The first kappa shape index (κ1) is 19.1. The van der Waals surface area contributed by atoms with Crippen LogP contribution in [0.3, 0.4) is 0 Å². The van der Waals surface area contributed by atoms with Crippen LogP contribution in [0.5, 0.6) is 5.75 Å². The number of rotatable bonds is 5. The Morgan fingerprint density at radius 3 is 2.59 bits per heavy atom. The van der Waals surface area contributed by atoms with Gasteiger partial charge in [-0.1, -0.05) is 23.7 Å². The molecular formula is C18H12ClF2NO4S. The molecule has 0 atom stereocenters. The van der Waals surface area contributed by atoms with Crippen molar-refractivity contribution in [1.82, 2.24) is 0 Å². The number of carbonyl (C=O) groups excluding carboxylic acids is 1.